The summed E-state index contributed by atoms with van der Waals surface area (Å²) in [6.45, 7) is 2.82. The number of thiophene rings is 1. The molecule has 2 aromatic heterocycles. The molecular formula is C13H16BrN3S. The van der Waals surface area contributed by atoms with Crippen molar-refractivity contribution in [3.63, 3.8) is 0 Å². The fourth-order valence-corrected chi connectivity index (χ4v) is 2.88. The first-order chi connectivity index (χ1) is 8.56. The number of hydrogen-bond acceptors (Lipinski definition) is 4. The maximum atomic E-state index is 5.81. The van der Waals surface area contributed by atoms with Crippen molar-refractivity contribution in [3.05, 3.63) is 44.7 Å². The average Bonchev–Trinajstić information content (AvgIpc) is 2.75. The summed E-state index contributed by atoms with van der Waals surface area (Å²) in [5, 5.41) is 2.15. The van der Waals surface area contributed by atoms with Crippen LogP contribution in [0.2, 0.25) is 0 Å². The monoisotopic (exact) mass is 325 g/mol. The van der Waals surface area contributed by atoms with Gasteiger partial charge in [-0.3, -0.25) is 0 Å². The predicted molar refractivity (Wildman–Crippen MR) is 81.0 cm³/mol. The molecule has 0 saturated heterocycles. The maximum absolute atomic E-state index is 5.81. The van der Waals surface area contributed by atoms with Crippen LogP contribution in [-0.4, -0.2) is 12.0 Å². The number of anilines is 1. The Kier molecular flexibility index (Phi) is 4.37. The van der Waals surface area contributed by atoms with E-state index in [-0.39, 0.29) is 6.04 Å². The van der Waals surface area contributed by atoms with Gasteiger partial charge in [-0.15, -0.1) is 11.3 Å². The fourth-order valence-electron chi connectivity index (χ4n) is 1.68. The first kappa shape index (κ1) is 13.5. The SMILES string of the molecule is C[C@H](N)c1ccc(N(C)Cc2csc(Br)c2)nc1. The van der Waals surface area contributed by atoms with Crippen LogP contribution in [0.4, 0.5) is 5.82 Å². The molecule has 0 bridgehead atoms. The Morgan fingerprint density at radius 1 is 1.50 bits per heavy atom. The van der Waals surface area contributed by atoms with Crippen LogP contribution < -0.4 is 10.6 Å². The largest absolute Gasteiger partial charge is 0.355 e. The molecular weight excluding hydrogens is 310 g/mol. The number of hydrogen-bond donors (Lipinski definition) is 1. The topological polar surface area (TPSA) is 42.1 Å². The molecule has 96 valence electrons. The van der Waals surface area contributed by atoms with Crippen molar-refractivity contribution in [1.29, 1.82) is 0 Å². The molecule has 1 atom stereocenters. The van der Waals surface area contributed by atoms with Crippen LogP contribution in [0.3, 0.4) is 0 Å². The van der Waals surface area contributed by atoms with Gasteiger partial charge in [-0.05, 0) is 51.5 Å². The van der Waals surface area contributed by atoms with E-state index in [0.29, 0.717) is 0 Å². The van der Waals surface area contributed by atoms with Gasteiger partial charge in [-0.25, -0.2) is 4.98 Å². The summed E-state index contributed by atoms with van der Waals surface area (Å²) in [4.78, 5) is 6.56. The molecule has 0 aromatic carbocycles. The number of pyridine rings is 1. The van der Waals surface area contributed by atoms with Crippen LogP contribution in [0.15, 0.2) is 33.6 Å². The highest BCUT2D eigenvalue weighted by Crippen LogP contribution is 2.23. The van der Waals surface area contributed by atoms with Crippen LogP contribution in [0.5, 0.6) is 0 Å². The van der Waals surface area contributed by atoms with E-state index in [1.165, 1.54) is 5.56 Å². The number of nitrogens with two attached hydrogens (primary N) is 1. The van der Waals surface area contributed by atoms with Crippen LogP contribution in [0.25, 0.3) is 0 Å². The minimum absolute atomic E-state index is 0.0321. The summed E-state index contributed by atoms with van der Waals surface area (Å²) in [6.07, 6.45) is 1.85. The minimum Gasteiger partial charge on any atom is -0.355 e. The number of nitrogens with zero attached hydrogens (tertiary/aromatic N) is 2. The van der Waals surface area contributed by atoms with Crippen LogP contribution in [0, 0.1) is 0 Å². The molecule has 2 heterocycles. The highest BCUT2D eigenvalue weighted by atomic mass is 79.9. The second-order valence-electron chi connectivity index (χ2n) is 4.35. The molecule has 0 aliphatic heterocycles. The summed E-state index contributed by atoms with van der Waals surface area (Å²) in [5.74, 6) is 0.960. The lowest BCUT2D eigenvalue weighted by Crippen LogP contribution is -2.17. The Balaban J connectivity index is 2.06. The third kappa shape index (κ3) is 3.31. The van der Waals surface area contributed by atoms with Gasteiger partial charge in [0.2, 0.25) is 0 Å². The molecule has 2 aromatic rings. The van der Waals surface area contributed by atoms with E-state index in [9.17, 15) is 0 Å². The summed E-state index contributed by atoms with van der Waals surface area (Å²) in [5.41, 5.74) is 8.15. The van der Waals surface area contributed by atoms with Crippen molar-refractivity contribution in [3.8, 4) is 0 Å². The van der Waals surface area contributed by atoms with Gasteiger partial charge >= 0.3 is 0 Å². The lowest BCUT2D eigenvalue weighted by Gasteiger charge is -2.18. The molecule has 2 rings (SSSR count). The van der Waals surface area contributed by atoms with Crippen molar-refractivity contribution in [2.75, 3.05) is 11.9 Å². The Hall–Kier alpha value is -0.910. The summed E-state index contributed by atoms with van der Waals surface area (Å²) in [6, 6.07) is 6.22. The van der Waals surface area contributed by atoms with Crippen molar-refractivity contribution in [2.45, 2.75) is 19.5 Å². The second-order valence-corrected chi connectivity index (χ2v) is 6.64. The van der Waals surface area contributed by atoms with Crippen molar-refractivity contribution < 1.29 is 0 Å². The molecule has 0 fully saturated rings. The number of halogens is 1. The van der Waals surface area contributed by atoms with Gasteiger partial charge in [-0.1, -0.05) is 6.07 Å². The third-order valence-corrected chi connectivity index (χ3v) is 4.28. The predicted octanol–water partition coefficient (Wildman–Crippen LogP) is 3.56. The van der Waals surface area contributed by atoms with Gasteiger partial charge in [-0.2, -0.15) is 0 Å². The van der Waals surface area contributed by atoms with Gasteiger partial charge in [0.25, 0.3) is 0 Å². The molecule has 18 heavy (non-hydrogen) atoms. The molecule has 0 saturated carbocycles. The number of aromatic nitrogens is 1. The lowest BCUT2D eigenvalue weighted by molar-refractivity contribution is 0.807. The molecule has 0 spiro atoms. The minimum atomic E-state index is 0.0321. The van der Waals surface area contributed by atoms with Gasteiger partial charge in [0.1, 0.15) is 5.82 Å². The van der Waals surface area contributed by atoms with Crippen LogP contribution in [-0.2, 0) is 6.54 Å². The first-order valence-corrected chi connectivity index (χ1v) is 7.39. The van der Waals surface area contributed by atoms with Gasteiger partial charge in [0.05, 0.1) is 3.79 Å². The van der Waals surface area contributed by atoms with E-state index in [2.05, 4.69) is 37.3 Å². The Bertz CT molecular complexity index is 507. The first-order valence-electron chi connectivity index (χ1n) is 5.72. The quantitative estimate of drug-likeness (QED) is 0.934. The highest BCUT2D eigenvalue weighted by Gasteiger charge is 2.06. The van der Waals surface area contributed by atoms with Crippen LogP contribution >= 0.6 is 27.3 Å². The van der Waals surface area contributed by atoms with E-state index in [4.69, 9.17) is 5.73 Å². The number of rotatable bonds is 4. The molecule has 3 nitrogen and oxygen atoms in total. The lowest BCUT2D eigenvalue weighted by atomic mass is 10.1. The Morgan fingerprint density at radius 3 is 2.78 bits per heavy atom. The van der Waals surface area contributed by atoms with E-state index in [0.717, 1.165) is 21.7 Å². The van der Waals surface area contributed by atoms with E-state index >= 15 is 0 Å². The summed E-state index contributed by atoms with van der Waals surface area (Å²) < 4.78 is 1.16. The van der Waals surface area contributed by atoms with E-state index < -0.39 is 0 Å². The van der Waals surface area contributed by atoms with Crippen LogP contribution in [0.1, 0.15) is 24.1 Å². The zero-order valence-electron chi connectivity index (χ0n) is 10.4. The zero-order valence-corrected chi connectivity index (χ0v) is 12.8. The molecule has 0 unspecified atom stereocenters. The summed E-state index contributed by atoms with van der Waals surface area (Å²) >= 11 is 5.18. The van der Waals surface area contributed by atoms with Crippen molar-refractivity contribution >= 4 is 33.1 Å². The molecule has 0 aliphatic rings. The normalized spacial score (nSPS) is 12.4. The smallest absolute Gasteiger partial charge is 0.128 e. The van der Waals surface area contributed by atoms with Gasteiger partial charge in [0, 0.05) is 25.8 Å². The Labute approximate surface area is 120 Å². The average molecular weight is 326 g/mol. The van der Waals surface area contributed by atoms with Crippen molar-refractivity contribution in [2.24, 2.45) is 5.73 Å². The second kappa shape index (κ2) is 5.82. The third-order valence-electron chi connectivity index (χ3n) is 2.73. The standard InChI is InChI=1S/C13H16BrN3S/c1-9(15)11-3-4-13(16-6-11)17(2)7-10-5-12(14)18-8-10/h3-6,8-9H,7,15H2,1-2H3/t9-/m0/s1. The Morgan fingerprint density at radius 2 is 2.28 bits per heavy atom. The molecule has 2 N–H and O–H groups in total. The van der Waals surface area contributed by atoms with Gasteiger partial charge in [0.15, 0.2) is 0 Å². The van der Waals surface area contributed by atoms with Crippen molar-refractivity contribution in [1.82, 2.24) is 4.98 Å². The molecule has 0 aliphatic carbocycles. The van der Waals surface area contributed by atoms with E-state index in [1.54, 1.807) is 11.3 Å². The highest BCUT2D eigenvalue weighted by molar-refractivity contribution is 9.11. The molecule has 0 radical (unpaired) electrons. The summed E-state index contributed by atoms with van der Waals surface area (Å²) in [7, 11) is 2.04. The van der Waals surface area contributed by atoms with Gasteiger partial charge < -0.3 is 10.6 Å². The van der Waals surface area contributed by atoms with E-state index in [1.807, 2.05) is 32.3 Å². The maximum Gasteiger partial charge on any atom is 0.128 e. The molecule has 0 amide bonds. The zero-order chi connectivity index (χ0) is 13.1. The fraction of sp³-hybridized carbons (Fsp3) is 0.308. The molecule has 5 heteroatoms.